The molecule has 0 aliphatic carbocycles. The lowest BCUT2D eigenvalue weighted by Crippen LogP contribution is -2.43. The second-order valence-electron chi connectivity index (χ2n) is 5.98. The molecule has 0 aromatic heterocycles. The molecule has 2 aromatic rings. The Labute approximate surface area is 160 Å². The number of thioether (sulfide) groups is 1. The second-order valence-corrected chi connectivity index (χ2v) is 8.93. The van der Waals surface area contributed by atoms with Crippen LogP contribution in [0.4, 0.5) is 14.5 Å². The van der Waals surface area contributed by atoms with Crippen molar-refractivity contribution in [2.24, 2.45) is 0 Å². The number of anilines is 1. The van der Waals surface area contributed by atoms with Crippen molar-refractivity contribution in [1.82, 2.24) is 4.31 Å². The smallest absolute Gasteiger partial charge is 0.288 e. The van der Waals surface area contributed by atoms with Crippen LogP contribution in [0.15, 0.2) is 64.4 Å². The molecular weight excluding hydrogens is 394 g/mol. The number of sulfonamides is 1. The highest BCUT2D eigenvalue weighted by molar-refractivity contribution is 7.99. The van der Waals surface area contributed by atoms with Crippen molar-refractivity contribution in [1.29, 1.82) is 0 Å². The maximum atomic E-state index is 12.8. The number of halogens is 2. The van der Waals surface area contributed by atoms with Crippen molar-refractivity contribution < 1.29 is 22.0 Å². The van der Waals surface area contributed by atoms with Crippen molar-refractivity contribution in [3.05, 3.63) is 54.6 Å². The van der Waals surface area contributed by atoms with Gasteiger partial charge in [0, 0.05) is 17.1 Å². The minimum absolute atomic E-state index is 0.151. The zero-order valence-corrected chi connectivity index (χ0v) is 15.8. The quantitative estimate of drug-likeness (QED) is 0.733. The van der Waals surface area contributed by atoms with Gasteiger partial charge < -0.3 is 5.32 Å². The molecular formula is C18H18F2N2O3S2. The molecule has 0 spiro atoms. The summed E-state index contributed by atoms with van der Waals surface area (Å²) in [6, 6.07) is 13.2. The van der Waals surface area contributed by atoms with Crippen LogP contribution in [0.25, 0.3) is 0 Å². The van der Waals surface area contributed by atoms with Gasteiger partial charge in [-0.2, -0.15) is 13.1 Å². The summed E-state index contributed by atoms with van der Waals surface area (Å²) in [5.74, 6) is -2.94. The Balaban J connectivity index is 1.72. The van der Waals surface area contributed by atoms with Gasteiger partial charge in [0.25, 0.3) is 5.76 Å². The lowest BCUT2D eigenvalue weighted by atomic mass is 10.2. The van der Waals surface area contributed by atoms with Crippen LogP contribution in [0.2, 0.25) is 0 Å². The summed E-state index contributed by atoms with van der Waals surface area (Å²) >= 11 is 0.419. The van der Waals surface area contributed by atoms with Gasteiger partial charge in [-0.15, -0.1) is 0 Å². The molecule has 1 aliphatic heterocycles. The van der Waals surface area contributed by atoms with Gasteiger partial charge in [-0.05, 0) is 49.2 Å². The Bertz CT molecular complexity index is 891. The van der Waals surface area contributed by atoms with E-state index < -0.39 is 27.7 Å². The van der Waals surface area contributed by atoms with Gasteiger partial charge in [-0.25, -0.2) is 8.42 Å². The van der Waals surface area contributed by atoms with Crippen LogP contribution in [0.3, 0.4) is 0 Å². The van der Waals surface area contributed by atoms with Crippen LogP contribution in [0.1, 0.15) is 12.8 Å². The Morgan fingerprint density at radius 3 is 2.41 bits per heavy atom. The number of benzene rings is 2. The number of nitrogens with zero attached hydrogens (tertiary/aromatic N) is 1. The van der Waals surface area contributed by atoms with Crippen molar-refractivity contribution in [2.45, 2.75) is 34.4 Å². The van der Waals surface area contributed by atoms with E-state index in [-0.39, 0.29) is 11.4 Å². The van der Waals surface area contributed by atoms with E-state index in [1.54, 1.807) is 18.2 Å². The standard InChI is InChI=1S/C18H18F2N2O3S2/c19-18(20)26-14-10-8-13(9-11-14)21-17(23)16-7-4-12-22(16)27(24,25)15-5-2-1-3-6-15/h1-3,5-6,8-11,16,18H,4,7,12H2,(H,21,23). The number of nitrogens with one attached hydrogen (secondary N) is 1. The van der Waals surface area contributed by atoms with E-state index in [4.69, 9.17) is 0 Å². The van der Waals surface area contributed by atoms with Crippen molar-refractivity contribution in [2.75, 3.05) is 11.9 Å². The fourth-order valence-electron chi connectivity index (χ4n) is 2.96. The average molecular weight is 412 g/mol. The number of carbonyl (C=O) groups excluding carboxylic acids is 1. The number of rotatable bonds is 6. The Kier molecular flexibility index (Phi) is 6.13. The molecule has 1 heterocycles. The highest BCUT2D eigenvalue weighted by Gasteiger charge is 2.39. The first-order valence-corrected chi connectivity index (χ1v) is 10.6. The van der Waals surface area contributed by atoms with E-state index in [1.807, 2.05) is 0 Å². The monoisotopic (exact) mass is 412 g/mol. The molecule has 1 saturated heterocycles. The van der Waals surface area contributed by atoms with Gasteiger partial charge in [0.1, 0.15) is 6.04 Å². The first-order valence-electron chi connectivity index (χ1n) is 8.30. The molecule has 1 amide bonds. The highest BCUT2D eigenvalue weighted by Crippen LogP contribution is 2.28. The molecule has 9 heteroatoms. The van der Waals surface area contributed by atoms with Crippen LogP contribution in [-0.2, 0) is 14.8 Å². The number of amides is 1. The molecule has 3 rings (SSSR count). The van der Waals surface area contributed by atoms with Crippen molar-refractivity contribution in [3.8, 4) is 0 Å². The molecule has 0 radical (unpaired) electrons. The van der Waals surface area contributed by atoms with Crippen LogP contribution in [0, 0.1) is 0 Å². The maximum Gasteiger partial charge on any atom is 0.288 e. The van der Waals surface area contributed by atoms with E-state index in [2.05, 4.69) is 5.32 Å². The first kappa shape index (κ1) is 19.8. The summed E-state index contributed by atoms with van der Waals surface area (Å²) < 4.78 is 51.6. The summed E-state index contributed by atoms with van der Waals surface area (Å²) in [4.78, 5) is 13.2. The third-order valence-corrected chi connectivity index (χ3v) is 6.85. The Morgan fingerprint density at radius 2 is 1.78 bits per heavy atom. The van der Waals surface area contributed by atoms with E-state index in [1.165, 1.54) is 40.7 Å². The molecule has 1 atom stereocenters. The molecule has 0 saturated carbocycles. The summed E-state index contributed by atoms with van der Waals surface area (Å²) in [6.45, 7) is 0.277. The summed E-state index contributed by atoms with van der Waals surface area (Å²) in [5.41, 5.74) is 0.433. The van der Waals surface area contributed by atoms with Gasteiger partial charge in [-0.1, -0.05) is 30.0 Å². The fraction of sp³-hybridized carbons (Fsp3) is 0.278. The van der Waals surface area contributed by atoms with Crippen LogP contribution in [-0.4, -0.2) is 37.0 Å². The average Bonchev–Trinajstić information content (AvgIpc) is 3.14. The van der Waals surface area contributed by atoms with E-state index in [9.17, 15) is 22.0 Å². The van der Waals surface area contributed by atoms with Crippen molar-refractivity contribution >= 4 is 33.4 Å². The minimum atomic E-state index is -3.76. The number of hydrogen-bond acceptors (Lipinski definition) is 4. The van der Waals surface area contributed by atoms with E-state index >= 15 is 0 Å². The lowest BCUT2D eigenvalue weighted by Gasteiger charge is -2.23. The second kappa shape index (κ2) is 8.37. The van der Waals surface area contributed by atoms with E-state index in [0.717, 1.165) is 0 Å². The van der Waals surface area contributed by atoms with Crippen LogP contribution in [0.5, 0.6) is 0 Å². The SMILES string of the molecule is O=C(Nc1ccc(SC(F)F)cc1)C1CCCN1S(=O)(=O)c1ccccc1. The Hall–Kier alpha value is -1.97. The molecule has 144 valence electrons. The lowest BCUT2D eigenvalue weighted by molar-refractivity contribution is -0.119. The molecule has 2 aromatic carbocycles. The van der Waals surface area contributed by atoms with Crippen LogP contribution < -0.4 is 5.32 Å². The van der Waals surface area contributed by atoms with Gasteiger partial charge >= 0.3 is 0 Å². The molecule has 0 bridgehead atoms. The third-order valence-electron chi connectivity index (χ3n) is 4.20. The predicted octanol–water partition coefficient (Wildman–Crippen LogP) is 3.79. The maximum absolute atomic E-state index is 12.8. The number of hydrogen-bond donors (Lipinski definition) is 1. The minimum Gasteiger partial charge on any atom is -0.325 e. The number of carbonyl (C=O) groups is 1. The normalized spacial score (nSPS) is 18.0. The van der Waals surface area contributed by atoms with E-state index in [0.29, 0.717) is 35.2 Å². The topological polar surface area (TPSA) is 66.5 Å². The highest BCUT2D eigenvalue weighted by atomic mass is 32.2. The van der Waals surface area contributed by atoms with Crippen LogP contribution >= 0.6 is 11.8 Å². The molecule has 1 fully saturated rings. The van der Waals surface area contributed by atoms with Crippen molar-refractivity contribution in [3.63, 3.8) is 0 Å². The molecule has 1 N–H and O–H groups in total. The van der Waals surface area contributed by atoms with Gasteiger partial charge in [0.15, 0.2) is 0 Å². The first-order chi connectivity index (χ1) is 12.9. The number of alkyl halides is 2. The van der Waals surface area contributed by atoms with Gasteiger partial charge in [-0.3, -0.25) is 4.79 Å². The zero-order valence-electron chi connectivity index (χ0n) is 14.2. The van der Waals surface area contributed by atoms with Gasteiger partial charge in [0.05, 0.1) is 4.90 Å². The summed E-state index contributed by atoms with van der Waals surface area (Å²) in [5, 5.41) is 2.68. The molecule has 1 unspecified atom stereocenters. The molecule has 5 nitrogen and oxygen atoms in total. The predicted molar refractivity (Wildman–Crippen MR) is 100 cm³/mol. The third kappa shape index (κ3) is 4.66. The molecule has 1 aliphatic rings. The van der Waals surface area contributed by atoms with Gasteiger partial charge in [0.2, 0.25) is 15.9 Å². The summed E-state index contributed by atoms with van der Waals surface area (Å²) in [7, 11) is -3.76. The molecule has 27 heavy (non-hydrogen) atoms. The summed E-state index contributed by atoms with van der Waals surface area (Å²) in [6.07, 6.45) is 1.02. The fourth-order valence-corrected chi connectivity index (χ4v) is 5.14. The largest absolute Gasteiger partial charge is 0.325 e. The zero-order chi connectivity index (χ0) is 19.4. The Morgan fingerprint density at radius 1 is 1.11 bits per heavy atom.